The molecule has 1 aliphatic rings. The van der Waals surface area contributed by atoms with E-state index >= 15 is 0 Å². The van der Waals surface area contributed by atoms with Crippen LogP contribution in [0, 0.1) is 6.92 Å². The van der Waals surface area contributed by atoms with E-state index < -0.39 is 11.6 Å². The normalized spacial score (nSPS) is 14.0. The fourth-order valence-corrected chi connectivity index (χ4v) is 5.75. The van der Waals surface area contributed by atoms with Gasteiger partial charge in [-0.05, 0) is 81.1 Å². The molecule has 2 aromatic heterocycles. The zero-order valence-corrected chi connectivity index (χ0v) is 23.2. The molecule has 1 N–H and O–H groups in total. The largest absolute Gasteiger partial charge is 0.487 e. The lowest BCUT2D eigenvalue weighted by molar-refractivity contribution is -0.136. The van der Waals surface area contributed by atoms with Crippen molar-refractivity contribution < 1.29 is 19.4 Å². The zero-order chi connectivity index (χ0) is 27.0. The summed E-state index contributed by atoms with van der Waals surface area (Å²) in [5.74, 6) is 0.358. The number of hydrogen-bond donors (Lipinski definition) is 1. The van der Waals surface area contributed by atoms with E-state index in [0.29, 0.717) is 35.5 Å². The summed E-state index contributed by atoms with van der Waals surface area (Å²) < 4.78 is 12.6. The summed E-state index contributed by atoms with van der Waals surface area (Å²) in [7, 11) is 0. The molecular weight excluding hydrogens is 522 g/mol. The van der Waals surface area contributed by atoms with Gasteiger partial charge in [0.25, 0.3) is 0 Å². The van der Waals surface area contributed by atoms with Gasteiger partial charge in [-0.25, -0.2) is 15.0 Å². The summed E-state index contributed by atoms with van der Waals surface area (Å²) in [6, 6.07) is 9.26. The third-order valence-electron chi connectivity index (χ3n) is 6.09. The molecule has 0 unspecified atom stereocenters. The van der Waals surface area contributed by atoms with Crippen LogP contribution in [0.5, 0.6) is 5.75 Å². The molecule has 3 heterocycles. The third kappa shape index (κ3) is 5.57. The summed E-state index contributed by atoms with van der Waals surface area (Å²) in [5.41, 5.74) is 5.21. The van der Waals surface area contributed by atoms with Crippen LogP contribution in [0.4, 0.5) is 0 Å². The molecule has 2 aromatic carbocycles. The van der Waals surface area contributed by atoms with Gasteiger partial charge in [-0.1, -0.05) is 17.7 Å². The molecule has 0 atom stereocenters. The standard InChI is InChI=1S/C29H28ClN3O4S/c1-16-13-22-26(38-28(33-22)21-7-10-31-27(32-21)17-8-11-36-12-9-17)25(20(16)15-24(34)35)19-6-5-18(30)14-23(19)37-29(2,3)4/h5-8,10,13-14H,9,11-12,15H2,1-4H3,(H,34,35). The highest BCUT2D eigenvalue weighted by atomic mass is 35.5. The van der Waals surface area contributed by atoms with E-state index in [1.165, 1.54) is 11.3 Å². The fraction of sp³-hybridized carbons (Fsp3) is 0.310. The Morgan fingerprint density at radius 1 is 1.21 bits per heavy atom. The number of nitrogens with zero attached hydrogens (tertiary/aromatic N) is 3. The van der Waals surface area contributed by atoms with E-state index in [1.807, 2.05) is 52.0 Å². The number of hydrogen-bond acceptors (Lipinski definition) is 7. The second kappa shape index (κ2) is 10.4. The molecule has 0 spiro atoms. The number of aliphatic carboxylic acids is 1. The predicted octanol–water partition coefficient (Wildman–Crippen LogP) is 6.99. The lowest BCUT2D eigenvalue weighted by atomic mass is 9.92. The Morgan fingerprint density at radius 3 is 2.74 bits per heavy atom. The highest BCUT2D eigenvalue weighted by Crippen LogP contribution is 2.45. The molecule has 196 valence electrons. The number of thiazole rings is 1. The Bertz CT molecular complexity index is 1570. The summed E-state index contributed by atoms with van der Waals surface area (Å²) in [6.07, 6.45) is 4.39. The van der Waals surface area contributed by atoms with E-state index in [9.17, 15) is 9.90 Å². The van der Waals surface area contributed by atoms with E-state index in [2.05, 4.69) is 4.98 Å². The molecule has 0 saturated carbocycles. The molecule has 0 fully saturated rings. The van der Waals surface area contributed by atoms with Crippen molar-refractivity contribution in [3.8, 4) is 27.6 Å². The fourth-order valence-electron chi connectivity index (χ4n) is 4.49. The van der Waals surface area contributed by atoms with Gasteiger partial charge in [0.1, 0.15) is 22.1 Å². The number of ether oxygens (including phenoxy) is 2. The van der Waals surface area contributed by atoms with Crippen LogP contribution < -0.4 is 4.74 Å². The molecule has 38 heavy (non-hydrogen) atoms. The van der Waals surface area contributed by atoms with Crippen molar-refractivity contribution in [2.45, 2.75) is 46.1 Å². The number of halogens is 1. The Hall–Kier alpha value is -3.33. The first kappa shape index (κ1) is 26.3. The Kier molecular flexibility index (Phi) is 7.22. The van der Waals surface area contributed by atoms with Gasteiger partial charge in [0.05, 0.1) is 29.9 Å². The van der Waals surface area contributed by atoms with Gasteiger partial charge in [0, 0.05) is 22.3 Å². The maximum absolute atomic E-state index is 11.9. The average Bonchev–Trinajstić information content (AvgIpc) is 3.28. The number of benzene rings is 2. The van der Waals surface area contributed by atoms with E-state index in [4.69, 9.17) is 31.0 Å². The lowest BCUT2D eigenvalue weighted by Gasteiger charge is -2.24. The minimum Gasteiger partial charge on any atom is -0.487 e. The minimum atomic E-state index is -0.907. The van der Waals surface area contributed by atoms with Gasteiger partial charge in [0.2, 0.25) is 0 Å². The van der Waals surface area contributed by atoms with Gasteiger partial charge in [0.15, 0.2) is 5.82 Å². The topological polar surface area (TPSA) is 94.4 Å². The van der Waals surface area contributed by atoms with E-state index in [-0.39, 0.29) is 6.42 Å². The van der Waals surface area contributed by atoms with Gasteiger partial charge < -0.3 is 14.6 Å². The SMILES string of the molecule is Cc1cc2nc(-c3ccnc(C4=CCOCC4)n3)sc2c(-c2ccc(Cl)cc2OC(C)(C)C)c1CC(=O)O. The zero-order valence-electron chi connectivity index (χ0n) is 21.7. The first-order valence-corrected chi connectivity index (χ1v) is 13.5. The number of aryl methyl sites for hydroxylation is 1. The van der Waals surface area contributed by atoms with Gasteiger partial charge in [-0.15, -0.1) is 11.3 Å². The smallest absolute Gasteiger partial charge is 0.307 e. The molecule has 0 amide bonds. The maximum atomic E-state index is 11.9. The highest BCUT2D eigenvalue weighted by molar-refractivity contribution is 7.22. The van der Waals surface area contributed by atoms with Crippen molar-refractivity contribution in [2.75, 3.05) is 13.2 Å². The first-order valence-electron chi connectivity index (χ1n) is 12.3. The van der Waals surface area contributed by atoms with Crippen LogP contribution >= 0.6 is 22.9 Å². The van der Waals surface area contributed by atoms with Gasteiger partial charge >= 0.3 is 5.97 Å². The molecule has 0 aliphatic carbocycles. The van der Waals surface area contributed by atoms with Crippen LogP contribution in [0.1, 0.15) is 44.1 Å². The number of carboxylic acids is 1. The molecule has 4 aromatic rings. The quantitative estimate of drug-likeness (QED) is 0.277. The molecule has 0 bridgehead atoms. The van der Waals surface area contributed by atoms with Crippen molar-refractivity contribution in [2.24, 2.45) is 0 Å². The molecule has 0 radical (unpaired) electrons. The van der Waals surface area contributed by atoms with Crippen molar-refractivity contribution in [1.82, 2.24) is 15.0 Å². The molecule has 9 heteroatoms. The summed E-state index contributed by atoms with van der Waals surface area (Å²) in [4.78, 5) is 26.1. The van der Waals surface area contributed by atoms with Crippen LogP contribution in [0.25, 0.3) is 37.6 Å². The second-order valence-electron chi connectivity index (χ2n) is 10.2. The van der Waals surface area contributed by atoms with E-state index in [0.717, 1.165) is 49.5 Å². The predicted molar refractivity (Wildman–Crippen MR) is 151 cm³/mol. The van der Waals surface area contributed by atoms with Crippen LogP contribution in [0.15, 0.2) is 42.6 Å². The number of carbonyl (C=O) groups is 1. The average molecular weight is 550 g/mol. The van der Waals surface area contributed by atoms with Gasteiger partial charge in [-0.3, -0.25) is 4.79 Å². The second-order valence-corrected chi connectivity index (χ2v) is 11.6. The number of aromatic nitrogens is 3. The maximum Gasteiger partial charge on any atom is 0.307 e. The van der Waals surface area contributed by atoms with Crippen molar-refractivity contribution in [3.63, 3.8) is 0 Å². The Balaban J connectivity index is 1.72. The lowest BCUT2D eigenvalue weighted by Crippen LogP contribution is -2.23. The summed E-state index contributed by atoms with van der Waals surface area (Å²) >= 11 is 7.84. The molecule has 7 nitrogen and oxygen atoms in total. The van der Waals surface area contributed by atoms with Crippen molar-refractivity contribution in [3.05, 3.63) is 64.6 Å². The van der Waals surface area contributed by atoms with Crippen LogP contribution in [-0.2, 0) is 16.0 Å². The highest BCUT2D eigenvalue weighted by Gasteiger charge is 2.24. The summed E-state index contributed by atoms with van der Waals surface area (Å²) in [6.45, 7) is 9.02. The third-order valence-corrected chi connectivity index (χ3v) is 7.44. The minimum absolute atomic E-state index is 0.129. The van der Waals surface area contributed by atoms with E-state index in [1.54, 1.807) is 18.3 Å². The monoisotopic (exact) mass is 549 g/mol. The van der Waals surface area contributed by atoms with Crippen LogP contribution in [0.3, 0.4) is 0 Å². The molecule has 5 rings (SSSR count). The van der Waals surface area contributed by atoms with Crippen molar-refractivity contribution in [1.29, 1.82) is 0 Å². The van der Waals surface area contributed by atoms with Gasteiger partial charge in [-0.2, -0.15) is 0 Å². The van der Waals surface area contributed by atoms with Crippen LogP contribution in [0.2, 0.25) is 5.02 Å². The van der Waals surface area contributed by atoms with Crippen LogP contribution in [-0.4, -0.2) is 44.8 Å². The molecular formula is C29H28ClN3O4S. The van der Waals surface area contributed by atoms with Crippen molar-refractivity contribution >= 4 is 44.7 Å². The molecule has 1 aliphatic heterocycles. The number of rotatable bonds is 6. The number of carboxylic acid groups (broad SMARTS) is 1. The molecule has 0 saturated heterocycles. The first-order chi connectivity index (χ1) is 18.1. The summed E-state index contributed by atoms with van der Waals surface area (Å²) in [5, 5.41) is 11.0. The Labute approximate surface area is 230 Å². The number of fused-ring (bicyclic) bond motifs is 1. The Morgan fingerprint density at radius 2 is 2.03 bits per heavy atom.